The van der Waals surface area contributed by atoms with Crippen LogP contribution in [0, 0.1) is 0 Å². The number of rotatable bonds is 1. The van der Waals surface area contributed by atoms with Gasteiger partial charge in [0.15, 0.2) is 0 Å². The predicted octanol–water partition coefficient (Wildman–Crippen LogP) is 6.56. The number of carboxylic acids is 1. The van der Waals surface area contributed by atoms with Gasteiger partial charge in [-0.1, -0.05) is 55.1 Å². The lowest BCUT2D eigenvalue weighted by Gasteiger charge is -2.07. The number of hydrogen-bond acceptors (Lipinski definition) is 1. The van der Waals surface area contributed by atoms with Crippen LogP contribution in [-0.4, -0.2) is 11.1 Å². The lowest BCUT2D eigenvalue weighted by atomic mass is 9.97. The van der Waals surface area contributed by atoms with Gasteiger partial charge < -0.3 is 5.11 Å². The quantitative estimate of drug-likeness (QED) is 0.275. The summed E-state index contributed by atoms with van der Waals surface area (Å²) in [7, 11) is 0. The van der Waals surface area contributed by atoms with Crippen molar-refractivity contribution in [3.05, 3.63) is 97.6 Å². The van der Waals surface area contributed by atoms with Crippen molar-refractivity contribution in [2.24, 2.45) is 0 Å². The third-order valence-electron chi connectivity index (χ3n) is 4.70. The summed E-state index contributed by atoms with van der Waals surface area (Å²) < 4.78 is 0. The fourth-order valence-corrected chi connectivity index (χ4v) is 3.39. The summed E-state index contributed by atoms with van der Waals surface area (Å²) in [6.07, 6.45) is 0.833. The molecule has 0 aliphatic carbocycles. The molecule has 27 heavy (non-hydrogen) atoms. The number of carbonyl (C=O) groups is 1. The van der Waals surface area contributed by atoms with Crippen LogP contribution < -0.4 is 0 Å². The van der Waals surface area contributed by atoms with E-state index >= 15 is 0 Å². The Morgan fingerprint density at radius 1 is 0.593 bits per heavy atom. The van der Waals surface area contributed by atoms with Gasteiger partial charge in [-0.15, -0.1) is 0 Å². The van der Waals surface area contributed by atoms with E-state index in [1.807, 2.05) is 0 Å². The maximum absolute atomic E-state index is 9.25. The Balaban J connectivity index is 0.000000323. The highest BCUT2D eigenvalue weighted by Gasteiger charge is 2.02. The Hall–Kier alpha value is -3.65. The maximum atomic E-state index is 9.25. The predicted molar refractivity (Wildman–Crippen MR) is 114 cm³/mol. The van der Waals surface area contributed by atoms with E-state index in [4.69, 9.17) is 5.11 Å². The van der Waals surface area contributed by atoms with E-state index in [2.05, 4.69) is 91.5 Å². The van der Waals surface area contributed by atoms with E-state index in [0.29, 0.717) is 0 Å². The third kappa shape index (κ3) is 3.38. The number of carboxylic acid groups (broad SMARTS) is 1. The van der Waals surface area contributed by atoms with Crippen molar-refractivity contribution in [3.8, 4) is 0 Å². The third-order valence-corrected chi connectivity index (χ3v) is 4.70. The molecule has 0 atom stereocenters. The molecule has 5 rings (SSSR count). The molecule has 5 aromatic rings. The highest BCUT2D eigenvalue weighted by atomic mass is 16.4. The molecule has 130 valence electrons. The molecule has 0 radical (unpaired) electrons. The first-order valence-electron chi connectivity index (χ1n) is 8.74. The van der Waals surface area contributed by atoms with Gasteiger partial charge in [0.25, 0.3) is 0 Å². The molecule has 0 aliphatic heterocycles. The number of fused-ring (bicyclic) bond motifs is 4. The molecule has 0 heterocycles. The molecule has 0 amide bonds. The topological polar surface area (TPSA) is 37.3 Å². The second-order valence-electron chi connectivity index (χ2n) is 6.49. The SMILES string of the molecule is C=CC(=O)O.c1ccc2cc3cc4cc5ccccc5cc4cc3cc2c1. The Bertz CT molecular complexity index is 1130. The lowest BCUT2D eigenvalue weighted by molar-refractivity contribution is -0.131. The van der Waals surface area contributed by atoms with Crippen LogP contribution in [0.1, 0.15) is 0 Å². The Kier molecular flexibility index (Phi) is 4.31. The van der Waals surface area contributed by atoms with Gasteiger partial charge in [0.1, 0.15) is 0 Å². The van der Waals surface area contributed by atoms with Crippen LogP contribution in [0.25, 0.3) is 43.1 Å². The minimum absolute atomic E-state index is 0.833. The first-order chi connectivity index (χ1) is 13.1. The summed E-state index contributed by atoms with van der Waals surface area (Å²) in [5, 5.41) is 18.0. The van der Waals surface area contributed by atoms with Crippen LogP contribution in [-0.2, 0) is 4.79 Å². The van der Waals surface area contributed by atoms with E-state index in [0.717, 1.165) is 6.08 Å². The molecular formula is C25H18O2. The zero-order valence-electron chi connectivity index (χ0n) is 14.7. The number of benzene rings is 5. The molecule has 0 fully saturated rings. The maximum Gasteiger partial charge on any atom is 0.327 e. The summed E-state index contributed by atoms with van der Waals surface area (Å²) in [6, 6.07) is 30.9. The molecule has 2 heteroatoms. The van der Waals surface area contributed by atoms with Crippen LogP contribution in [0.15, 0.2) is 97.6 Å². The molecule has 0 saturated carbocycles. The van der Waals surface area contributed by atoms with Gasteiger partial charge >= 0.3 is 5.97 Å². The number of aliphatic carboxylic acids is 1. The summed E-state index contributed by atoms with van der Waals surface area (Å²) in [5.74, 6) is -0.981. The average molecular weight is 350 g/mol. The summed E-state index contributed by atoms with van der Waals surface area (Å²) >= 11 is 0. The van der Waals surface area contributed by atoms with E-state index in [1.165, 1.54) is 43.1 Å². The van der Waals surface area contributed by atoms with Crippen LogP contribution in [0.3, 0.4) is 0 Å². The Morgan fingerprint density at radius 2 is 0.815 bits per heavy atom. The first kappa shape index (κ1) is 16.8. The molecule has 0 spiro atoms. The highest BCUT2D eigenvalue weighted by molar-refractivity contribution is 6.08. The van der Waals surface area contributed by atoms with Crippen molar-refractivity contribution in [2.45, 2.75) is 0 Å². The lowest BCUT2D eigenvalue weighted by Crippen LogP contribution is -1.82. The van der Waals surface area contributed by atoms with Crippen molar-refractivity contribution in [2.75, 3.05) is 0 Å². The summed E-state index contributed by atoms with van der Waals surface area (Å²) in [4.78, 5) is 9.25. The minimum Gasteiger partial charge on any atom is -0.478 e. The largest absolute Gasteiger partial charge is 0.478 e. The van der Waals surface area contributed by atoms with Gasteiger partial charge in [0, 0.05) is 6.08 Å². The molecule has 0 aliphatic rings. The van der Waals surface area contributed by atoms with Crippen molar-refractivity contribution in [1.82, 2.24) is 0 Å². The molecule has 2 nitrogen and oxygen atoms in total. The standard InChI is InChI=1S/C22H14.C3H4O2/c1-2-6-16-10-20-14-22-12-18-8-4-3-7-17(18)11-21(22)13-19(20)9-15(16)5-1;1-2-3(4)5/h1-14H;2H,1H2,(H,4,5). The molecule has 1 N–H and O–H groups in total. The average Bonchev–Trinajstić information content (AvgIpc) is 2.69. The smallest absolute Gasteiger partial charge is 0.327 e. The second-order valence-corrected chi connectivity index (χ2v) is 6.49. The molecule has 0 aromatic heterocycles. The van der Waals surface area contributed by atoms with Crippen LogP contribution in [0.5, 0.6) is 0 Å². The normalized spacial score (nSPS) is 10.7. The fraction of sp³-hybridized carbons (Fsp3) is 0. The van der Waals surface area contributed by atoms with Gasteiger partial charge in [0.05, 0.1) is 0 Å². The van der Waals surface area contributed by atoms with Gasteiger partial charge in [-0.3, -0.25) is 0 Å². The van der Waals surface area contributed by atoms with Gasteiger partial charge in [-0.25, -0.2) is 4.79 Å². The molecular weight excluding hydrogens is 332 g/mol. The van der Waals surface area contributed by atoms with Crippen molar-refractivity contribution < 1.29 is 9.90 Å². The van der Waals surface area contributed by atoms with E-state index in [9.17, 15) is 4.79 Å². The van der Waals surface area contributed by atoms with Crippen LogP contribution in [0.2, 0.25) is 0 Å². The van der Waals surface area contributed by atoms with Crippen molar-refractivity contribution in [3.63, 3.8) is 0 Å². The molecule has 0 bridgehead atoms. The Morgan fingerprint density at radius 3 is 1.04 bits per heavy atom. The minimum atomic E-state index is -0.981. The highest BCUT2D eigenvalue weighted by Crippen LogP contribution is 2.29. The van der Waals surface area contributed by atoms with Crippen molar-refractivity contribution in [1.29, 1.82) is 0 Å². The zero-order valence-corrected chi connectivity index (χ0v) is 14.7. The van der Waals surface area contributed by atoms with E-state index in [-0.39, 0.29) is 0 Å². The molecule has 0 unspecified atom stereocenters. The fourth-order valence-electron chi connectivity index (χ4n) is 3.39. The van der Waals surface area contributed by atoms with E-state index < -0.39 is 5.97 Å². The Labute approximate surface area is 157 Å². The first-order valence-corrected chi connectivity index (χ1v) is 8.74. The van der Waals surface area contributed by atoms with Gasteiger partial charge in [0.2, 0.25) is 0 Å². The summed E-state index contributed by atoms with van der Waals surface area (Å²) in [5.41, 5.74) is 0. The second kappa shape index (κ2) is 6.93. The molecule has 5 aromatic carbocycles. The van der Waals surface area contributed by atoms with Gasteiger partial charge in [-0.2, -0.15) is 0 Å². The summed E-state index contributed by atoms with van der Waals surface area (Å²) in [6.45, 7) is 2.96. The zero-order chi connectivity index (χ0) is 18.8. The van der Waals surface area contributed by atoms with Crippen molar-refractivity contribution >= 4 is 49.1 Å². The monoisotopic (exact) mass is 350 g/mol. The molecule has 0 saturated heterocycles. The van der Waals surface area contributed by atoms with Gasteiger partial charge in [-0.05, 0) is 79.5 Å². The van der Waals surface area contributed by atoms with E-state index in [1.54, 1.807) is 0 Å². The van der Waals surface area contributed by atoms with Crippen LogP contribution >= 0.6 is 0 Å². The van der Waals surface area contributed by atoms with Crippen LogP contribution in [0.4, 0.5) is 0 Å². The number of hydrogen-bond donors (Lipinski definition) is 1.